The van der Waals surface area contributed by atoms with Gasteiger partial charge in [0.15, 0.2) is 5.69 Å². The second-order valence-electron chi connectivity index (χ2n) is 9.49. The number of likely N-dealkylation sites (N-methyl/N-ethyl adjacent to an activating group) is 1. The molecular formula is C28H33FN4O3. The van der Waals surface area contributed by atoms with Gasteiger partial charge in [0.25, 0.3) is 5.91 Å². The molecule has 1 aromatic heterocycles. The molecule has 0 atom stereocenters. The summed E-state index contributed by atoms with van der Waals surface area (Å²) >= 11 is 0. The van der Waals surface area contributed by atoms with Crippen LogP contribution in [0.4, 0.5) is 4.39 Å². The molecule has 1 saturated heterocycles. The minimum atomic E-state index is -0.350. The molecule has 1 N–H and O–H groups in total. The second kappa shape index (κ2) is 11.2. The number of carbonyl (C=O) groups excluding carboxylic acids is 1. The summed E-state index contributed by atoms with van der Waals surface area (Å²) in [7, 11) is 2.13. The summed E-state index contributed by atoms with van der Waals surface area (Å²) in [5.74, 6) is 0.192. The minimum Gasteiger partial charge on any atom is -0.492 e. The van der Waals surface area contributed by atoms with E-state index in [2.05, 4.69) is 22.4 Å². The van der Waals surface area contributed by atoms with Gasteiger partial charge in [0.1, 0.15) is 23.9 Å². The van der Waals surface area contributed by atoms with Gasteiger partial charge in [-0.2, -0.15) is 5.10 Å². The van der Waals surface area contributed by atoms with Crippen molar-refractivity contribution in [1.29, 1.82) is 0 Å². The average Bonchev–Trinajstić information content (AvgIpc) is 3.52. The quantitative estimate of drug-likeness (QED) is 0.491. The predicted molar refractivity (Wildman–Crippen MR) is 135 cm³/mol. The number of hydrogen-bond acceptors (Lipinski definition) is 5. The molecule has 0 saturated carbocycles. The molecule has 0 bridgehead atoms. The molecule has 7 nitrogen and oxygen atoms in total. The highest BCUT2D eigenvalue weighted by atomic mass is 19.1. The highest BCUT2D eigenvalue weighted by Gasteiger charge is 2.27. The predicted octanol–water partition coefficient (Wildman–Crippen LogP) is 3.92. The number of hydrogen-bond donors (Lipinski definition) is 1. The van der Waals surface area contributed by atoms with Crippen LogP contribution in [0.15, 0.2) is 48.5 Å². The molecule has 3 aromatic rings. The number of nitrogens with zero attached hydrogens (tertiary/aromatic N) is 3. The number of para-hydroxylation sites is 1. The lowest BCUT2D eigenvalue weighted by Gasteiger charge is -2.31. The van der Waals surface area contributed by atoms with Gasteiger partial charge in [-0.15, -0.1) is 0 Å². The van der Waals surface area contributed by atoms with E-state index >= 15 is 0 Å². The molecule has 190 valence electrons. The van der Waals surface area contributed by atoms with Crippen molar-refractivity contribution in [3.05, 3.63) is 76.9 Å². The molecule has 0 spiro atoms. The summed E-state index contributed by atoms with van der Waals surface area (Å²) in [6, 6.07) is 14.9. The minimum absolute atomic E-state index is 0.243. The molecule has 0 unspecified atom stereocenters. The van der Waals surface area contributed by atoms with Crippen LogP contribution < -0.4 is 10.1 Å². The fraction of sp³-hybridized carbons (Fsp3) is 0.429. The fourth-order valence-corrected chi connectivity index (χ4v) is 5.07. The first-order chi connectivity index (χ1) is 17.6. The maximum absolute atomic E-state index is 14.4. The first-order valence-corrected chi connectivity index (χ1v) is 12.7. The Bertz CT molecular complexity index is 1210. The van der Waals surface area contributed by atoms with E-state index in [9.17, 15) is 9.18 Å². The largest absolute Gasteiger partial charge is 0.492 e. The Balaban J connectivity index is 1.19. The third kappa shape index (κ3) is 5.44. The van der Waals surface area contributed by atoms with E-state index < -0.39 is 0 Å². The van der Waals surface area contributed by atoms with Gasteiger partial charge in [0.05, 0.1) is 0 Å². The van der Waals surface area contributed by atoms with Gasteiger partial charge in [0.2, 0.25) is 0 Å². The topological polar surface area (TPSA) is 68.6 Å². The molecule has 1 aliphatic heterocycles. The van der Waals surface area contributed by atoms with Crippen molar-refractivity contribution in [3.63, 3.8) is 0 Å². The lowest BCUT2D eigenvalue weighted by atomic mass is 10.1. The monoisotopic (exact) mass is 492 g/mol. The molecule has 2 aliphatic rings. The van der Waals surface area contributed by atoms with E-state index in [0.29, 0.717) is 30.6 Å². The number of nitrogens with one attached hydrogen (secondary N) is 1. The van der Waals surface area contributed by atoms with Gasteiger partial charge in [-0.25, -0.2) is 9.07 Å². The zero-order chi connectivity index (χ0) is 24.9. The molecule has 2 aromatic carbocycles. The van der Waals surface area contributed by atoms with E-state index in [1.165, 1.54) is 6.07 Å². The van der Waals surface area contributed by atoms with Crippen molar-refractivity contribution in [1.82, 2.24) is 20.0 Å². The Labute approximate surface area is 211 Å². The molecular weight excluding hydrogens is 459 g/mol. The lowest BCUT2D eigenvalue weighted by Crippen LogP contribution is -2.38. The molecule has 1 amide bonds. The maximum atomic E-state index is 14.4. The highest BCUT2D eigenvalue weighted by Crippen LogP contribution is 2.28. The Morgan fingerprint density at radius 3 is 2.86 bits per heavy atom. The van der Waals surface area contributed by atoms with Gasteiger partial charge < -0.3 is 14.8 Å². The van der Waals surface area contributed by atoms with Crippen molar-refractivity contribution in [2.45, 2.75) is 44.7 Å². The highest BCUT2D eigenvalue weighted by molar-refractivity contribution is 5.94. The normalized spacial score (nSPS) is 15.8. The van der Waals surface area contributed by atoms with Crippen LogP contribution in [-0.2, 0) is 24.1 Å². The number of fused-ring (bicyclic) bond motifs is 1. The number of amides is 1. The van der Waals surface area contributed by atoms with E-state index in [1.54, 1.807) is 22.9 Å². The van der Waals surface area contributed by atoms with E-state index in [4.69, 9.17) is 9.47 Å². The average molecular weight is 493 g/mol. The van der Waals surface area contributed by atoms with Crippen LogP contribution in [0.25, 0.3) is 5.69 Å². The van der Waals surface area contributed by atoms with Crippen molar-refractivity contribution < 1.29 is 18.7 Å². The zero-order valence-electron chi connectivity index (χ0n) is 20.7. The Hall–Kier alpha value is -3.23. The summed E-state index contributed by atoms with van der Waals surface area (Å²) in [6.45, 7) is 3.47. The first-order valence-electron chi connectivity index (χ1n) is 12.7. The smallest absolute Gasteiger partial charge is 0.272 e. The van der Waals surface area contributed by atoms with E-state index in [1.807, 2.05) is 24.3 Å². The summed E-state index contributed by atoms with van der Waals surface area (Å²) in [4.78, 5) is 15.4. The van der Waals surface area contributed by atoms with Gasteiger partial charge in [0, 0.05) is 43.6 Å². The molecule has 1 fully saturated rings. The van der Waals surface area contributed by atoms with Gasteiger partial charge >= 0.3 is 0 Å². The molecule has 36 heavy (non-hydrogen) atoms. The van der Waals surface area contributed by atoms with Crippen LogP contribution in [0.5, 0.6) is 5.75 Å². The van der Waals surface area contributed by atoms with Gasteiger partial charge in [-0.3, -0.25) is 9.69 Å². The van der Waals surface area contributed by atoms with Crippen molar-refractivity contribution in [2.24, 2.45) is 0 Å². The number of rotatable bonds is 9. The Kier molecular flexibility index (Phi) is 7.63. The Morgan fingerprint density at radius 2 is 2.03 bits per heavy atom. The first kappa shape index (κ1) is 24.5. The molecule has 5 rings (SSSR count). The lowest BCUT2D eigenvalue weighted by molar-refractivity contribution is 0.0392. The van der Waals surface area contributed by atoms with Crippen LogP contribution in [0.2, 0.25) is 0 Å². The number of benzene rings is 2. The van der Waals surface area contributed by atoms with Crippen molar-refractivity contribution in [2.75, 3.05) is 33.4 Å². The number of ether oxygens (including phenoxy) is 2. The summed E-state index contributed by atoms with van der Waals surface area (Å²) < 4.78 is 27.4. The Morgan fingerprint density at radius 1 is 1.19 bits per heavy atom. The van der Waals surface area contributed by atoms with Crippen LogP contribution in [0.3, 0.4) is 0 Å². The number of aromatic nitrogens is 2. The standard InChI is InChI=1S/C28H33FN4O3/c1-32(21-12-15-35-16-13-21)14-17-36-22-7-4-6-20(18-22)19-30-28(34)27-23-8-5-11-25(23)33(31-27)26-10-3-2-9-24(26)29/h2-4,6-7,9-10,18,21H,5,8,11-17,19H2,1H3,(H,30,34). The molecule has 0 radical (unpaired) electrons. The summed E-state index contributed by atoms with van der Waals surface area (Å²) in [6.07, 6.45) is 4.62. The molecule has 8 heteroatoms. The maximum Gasteiger partial charge on any atom is 0.272 e. The summed E-state index contributed by atoms with van der Waals surface area (Å²) in [5, 5.41) is 7.50. The van der Waals surface area contributed by atoms with Crippen LogP contribution in [0.1, 0.15) is 46.6 Å². The van der Waals surface area contributed by atoms with Gasteiger partial charge in [-0.1, -0.05) is 24.3 Å². The van der Waals surface area contributed by atoms with Crippen molar-refractivity contribution >= 4 is 5.91 Å². The van der Waals surface area contributed by atoms with Crippen LogP contribution >= 0.6 is 0 Å². The number of carbonyl (C=O) groups is 1. The fourth-order valence-electron chi connectivity index (χ4n) is 5.07. The van der Waals surface area contributed by atoms with E-state index in [0.717, 1.165) is 74.4 Å². The van der Waals surface area contributed by atoms with Crippen LogP contribution in [0, 0.1) is 5.82 Å². The van der Waals surface area contributed by atoms with Gasteiger partial charge in [-0.05, 0) is 69.0 Å². The summed E-state index contributed by atoms with van der Waals surface area (Å²) in [5.41, 5.74) is 3.55. The van der Waals surface area contributed by atoms with Crippen LogP contribution in [-0.4, -0.2) is 60.0 Å². The SMILES string of the molecule is CN(CCOc1cccc(CNC(=O)c2nn(-c3ccccc3F)c3c2CCC3)c1)C1CCOCC1. The molecule has 2 heterocycles. The molecule has 1 aliphatic carbocycles. The van der Waals surface area contributed by atoms with E-state index in [-0.39, 0.29) is 11.7 Å². The second-order valence-corrected chi connectivity index (χ2v) is 9.49. The third-order valence-corrected chi connectivity index (χ3v) is 7.10. The zero-order valence-corrected chi connectivity index (χ0v) is 20.7. The van der Waals surface area contributed by atoms with Crippen molar-refractivity contribution in [3.8, 4) is 11.4 Å². The third-order valence-electron chi connectivity index (χ3n) is 7.10. The number of halogens is 1.